The molecule has 0 saturated carbocycles. The third-order valence-electron chi connectivity index (χ3n) is 2.24. The fourth-order valence-corrected chi connectivity index (χ4v) is 1.41. The van der Waals surface area contributed by atoms with Crippen LogP contribution < -0.4 is 5.73 Å². The highest BCUT2D eigenvalue weighted by atomic mass is 19.3. The third kappa shape index (κ3) is 1.67. The summed E-state index contributed by atoms with van der Waals surface area (Å²) in [7, 11) is 0. The zero-order valence-electron chi connectivity index (χ0n) is 8.29. The molecule has 17 heavy (non-hydrogen) atoms. The van der Waals surface area contributed by atoms with Gasteiger partial charge in [-0.15, -0.1) is 0 Å². The quantitative estimate of drug-likeness (QED) is 0.726. The van der Waals surface area contributed by atoms with Crippen LogP contribution >= 0.6 is 0 Å². The molecule has 0 aromatic rings. The fraction of sp³-hybridized carbons (Fsp3) is 0.200. The van der Waals surface area contributed by atoms with Crippen molar-refractivity contribution in [3.63, 3.8) is 0 Å². The van der Waals surface area contributed by atoms with Crippen LogP contribution in [0.15, 0.2) is 48.0 Å². The molecule has 0 unspecified atom stereocenters. The van der Waals surface area contributed by atoms with E-state index >= 15 is 0 Å². The van der Waals surface area contributed by atoms with Crippen LogP contribution in [0, 0.1) is 0 Å². The highest BCUT2D eigenvalue weighted by molar-refractivity contribution is 5.46. The van der Waals surface area contributed by atoms with Crippen molar-refractivity contribution in [2.45, 2.75) is 11.8 Å². The van der Waals surface area contributed by atoms with E-state index in [0.29, 0.717) is 0 Å². The van der Waals surface area contributed by atoms with Gasteiger partial charge in [-0.1, -0.05) is 0 Å². The first kappa shape index (κ1) is 11.6. The van der Waals surface area contributed by atoms with E-state index in [1.165, 1.54) is 0 Å². The highest BCUT2D eigenvalue weighted by Gasteiger charge is 2.60. The molecule has 1 heterocycles. The maximum absolute atomic E-state index is 13.5. The summed E-state index contributed by atoms with van der Waals surface area (Å²) in [4.78, 5) is 0. The van der Waals surface area contributed by atoms with Crippen LogP contribution in [0.2, 0.25) is 0 Å². The fourth-order valence-electron chi connectivity index (χ4n) is 1.41. The SMILES string of the molecule is NC1=C(C2=COC=CO2)C(F)(F)C(F)(F)C=C1. The average Bonchev–Trinajstić information content (AvgIpc) is 2.26. The van der Waals surface area contributed by atoms with E-state index in [1.54, 1.807) is 0 Å². The number of rotatable bonds is 1. The van der Waals surface area contributed by atoms with Crippen molar-refractivity contribution in [2.75, 3.05) is 0 Å². The third-order valence-corrected chi connectivity index (χ3v) is 2.24. The number of hydrogen-bond donors (Lipinski definition) is 1. The van der Waals surface area contributed by atoms with Gasteiger partial charge in [-0.2, -0.15) is 17.6 Å². The monoisotopic (exact) mass is 249 g/mol. The molecule has 2 rings (SSSR count). The van der Waals surface area contributed by atoms with Crippen molar-refractivity contribution in [3.05, 3.63) is 48.0 Å². The first-order chi connectivity index (χ1) is 7.86. The molecular weight excluding hydrogens is 242 g/mol. The Hall–Kier alpha value is -1.92. The number of allylic oxidation sites excluding steroid dienone is 3. The minimum atomic E-state index is -4.45. The Morgan fingerprint density at radius 3 is 2.41 bits per heavy atom. The Morgan fingerprint density at radius 2 is 1.82 bits per heavy atom. The van der Waals surface area contributed by atoms with Crippen molar-refractivity contribution < 1.29 is 27.0 Å². The normalized spacial score (nSPS) is 25.1. The van der Waals surface area contributed by atoms with Crippen molar-refractivity contribution in [1.29, 1.82) is 0 Å². The van der Waals surface area contributed by atoms with E-state index in [4.69, 9.17) is 5.73 Å². The maximum atomic E-state index is 13.5. The van der Waals surface area contributed by atoms with Gasteiger partial charge in [0.2, 0.25) is 0 Å². The topological polar surface area (TPSA) is 44.5 Å². The minimum absolute atomic E-state index is 0.0614. The Morgan fingerprint density at radius 1 is 1.12 bits per heavy atom. The van der Waals surface area contributed by atoms with Crippen LogP contribution in [0.5, 0.6) is 0 Å². The highest BCUT2D eigenvalue weighted by Crippen LogP contribution is 2.47. The lowest BCUT2D eigenvalue weighted by atomic mass is 9.93. The van der Waals surface area contributed by atoms with Crippen LogP contribution in [0.4, 0.5) is 17.6 Å². The molecule has 0 radical (unpaired) electrons. The summed E-state index contributed by atoms with van der Waals surface area (Å²) in [6.45, 7) is 0. The molecule has 2 N–H and O–H groups in total. The van der Waals surface area contributed by atoms with Gasteiger partial charge in [0, 0.05) is 5.70 Å². The van der Waals surface area contributed by atoms with E-state index in [-0.39, 0.29) is 6.08 Å². The van der Waals surface area contributed by atoms with Crippen molar-refractivity contribution in [3.8, 4) is 0 Å². The predicted octanol–water partition coefficient (Wildman–Crippen LogP) is 2.40. The van der Waals surface area contributed by atoms with Crippen LogP contribution in [0.1, 0.15) is 0 Å². The van der Waals surface area contributed by atoms with Gasteiger partial charge in [-0.05, 0) is 12.2 Å². The Bertz CT molecular complexity index is 463. The Kier molecular flexibility index (Phi) is 2.41. The molecule has 3 nitrogen and oxygen atoms in total. The summed E-state index contributed by atoms with van der Waals surface area (Å²) in [5.41, 5.74) is 3.70. The van der Waals surface area contributed by atoms with Gasteiger partial charge < -0.3 is 15.2 Å². The Balaban J connectivity index is 2.49. The summed E-state index contributed by atoms with van der Waals surface area (Å²) >= 11 is 0. The summed E-state index contributed by atoms with van der Waals surface area (Å²) in [5.74, 6) is -9.32. The minimum Gasteiger partial charge on any atom is -0.465 e. The number of alkyl halides is 4. The molecule has 2 aliphatic rings. The first-order valence-electron chi connectivity index (χ1n) is 4.49. The second-order valence-corrected chi connectivity index (χ2v) is 3.37. The average molecular weight is 249 g/mol. The van der Waals surface area contributed by atoms with Gasteiger partial charge in [-0.3, -0.25) is 0 Å². The molecule has 0 saturated heterocycles. The molecule has 0 fully saturated rings. The lowest BCUT2D eigenvalue weighted by molar-refractivity contribution is -0.157. The van der Waals surface area contributed by atoms with E-state index in [0.717, 1.165) is 24.9 Å². The van der Waals surface area contributed by atoms with E-state index < -0.39 is 28.9 Å². The molecule has 1 aliphatic heterocycles. The first-order valence-corrected chi connectivity index (χ1v) is 4.49. The number of halogens is 4. The van der Waals surface area contributed by atoms with Gasteiger partial charge in [0.1, 0.15) is 18.8 Å². The van der Waals surface area contributed by atoms with Crippen LogP contribution in [0.25, 0.3) is 0 Å². The summed E-state index contributed by atoms with van der Waals surface area (Å²) < 4.78 is 62.5. The van der Waals surface area contributed by atoms with Crippen LogP contribution in [-0.2, 0) is 9.47 Å². The molecule has 0 amide bonds. The molecule has 0 aromatic carbocycles. The number of nitrogens with two attached hydrogens (primary N) is 1. The summed E-state index contributed by atoms with van der Waals surface area (Å²) in [6.07, 6.45) is 3.57. The molecule has 0 spiro atoms. The lowest BCUT2D eigenvalue weighted by Gasteiger charge is -2.30. The standard InChI is InChI=1S/C10H7F4NO2/c11-9(12)2-1-6(15)8(10(9,13)14)7-5-16-3-4-17-7/h1-5H,15H2. The van der Waals surface area contributed by atoms with Gasteiger partial charge in [0.05, 0.1) is 5.57 Å². The summed E-state index contributed by atoms with van der Waals surface area (Å²) in [5, 5.41) is 0. The van der Waals surface area contributed by atoms with Crippen molar-refractivity contribution in [1.82, 2.24) is 0 Å². The van der Waals surface area contributed by atoms with Gasteiger partial charge >= 0.3 is 11.8 Å². The van der Waals surface area contributed by atoms with E-state index in [1.807, 2.05) is 0 Å². The smallest absolute Gasteiger partial charge is 0.344 e. The lowest BCUT2D eigenvalue weighted by Crippen LogP contribution is -2.44. The molecule has 0 aromatic heterocycles. The largest absolute Gasteiger partial charge is 0.465 e. The number of ether oxygens (including phenoxy) is 2. The molecule has 92 valence electrons. The summed E-state index contributed by atoms with van der Waals surface area (Å²) in [6, 6.07) is 0. The number of hydrogen-bond acceptors (Lipinski definition) is 3. The van der Waals surface area contributed by atoms with Gasteiger partial charge in [0.25, 0.3) is 0 Å². The van der Waals surface area contributed by atoms with E-state index in [9.17, 15) is 17.6 Å². The predicted molar refractivity (Wildman–Crippen MR) is 49.6 cm³/mol. The van der Waals surface area contributed by atoms with E-state index in [2.05, 4.69) is 9.47 Å². The van der Waals surface area contributed by atoms with Gasteiger partial charge in [-0.25, -0.2) is 0 Å². The maximum Gasteiger partial charge on any atom is 0.344 e. The van der Waals surface area contributed by atoms with Crippen LogP contribution in [0.3, 0.4) is 0 Å². The zero-order chi connectivity index (χ0) is 12.7. The second-order valence-electron chi connectivity index (χ2n) is 3.37. The molecule has 1 aliphatic carbocycles. The Labute approximate surface area is 93.5 Å². The zero-order valence-corrected chi connectivity index (χ0v) is 8.29. The van der Waals surface area contributed by atoms with Crippen molar-refractivity contribution in [2.24, 2.45) is 5.73 Å². The molecule has 0 atom stereocenters. The molecule has 7 heteroatoms. The van der Waals surface area contributed by atoms with Crippen LogP contribution in [-0.4, -0.2) is 11.8 Å². The van der Waals surface area contributed by atoms with Crippen molar-refractivity contribution >= 4 is 0 Å². The molecule has 0 bridgehead atoms. The molecular formula is C10H7F4NO2. The second kappa shape index (κ2) is 3.54. The van der Waals surface area contributed by atoms with Gasteiger partial charge in [0.15, 0.2) is 5.76 Å².